The number of hydrogen-bond acceptors (Lipinski definition) is 11. The van der Waals surface area contributed by atoms with Crippen molar-refractivity contribution in [3.63, 3.8) is 0 Å². The van der Waals surface area contributed by atoms with Crippen molar-refractivity contribution >= 4 is 51.7 Å². The van der Waals surface area contributed by atoms with Crippen LogP contribution in [0.2, 0.25) is 0 Å². The number of H-pyrrole nitrogens is 1. The molecule has 5 aromatic rings. The monoisotopic (exact) mass is 975 g/mol. The Balaban J connectivity index is 1.05. The van der Waals surface area contributed by atoms with Gasteiger partial charge in [-0.2, -0.15) is 0 Å². The predicted molar refractivity (Wildman–Crippen MR) is 270 cm³/mol. The first kappa shape index (κ1) is 48.9. The molecule has 0 radical (unpaired) electrons. The summed E-state index contributed by atoms with van der Waals surface area (Å²) in [5.41, 5.74) is 5.96. The van der Waals surface area contributed by atoms with Gasteiger partial charge in [-0.25, -0.2) is 23.9 Å². The number of nitrogens with one attached hydrogen (secondary N) is 3. The van der Waals surface area contributed by atoms with Gasteiger partial charge in [0.1, 0.15) is 23.4 Å². The minimum Gasteiger partial charge on any atom is -0.464 e. The minimum atomic E-state index is -0.745. The number of fused-ring (bicyclic) bond motifs is 5. The fourth-order valence-electron chi connectivity index (χ4n) is 10.7. The number of aromatic amines is 1. The lowest BCUT2D eigenvalue weighted by atomic mass is 9.87. The van der Waals surface area contributed by atoms with Crippen LogP contribution in [0, 0.1) is 23.6 Å². The molecule has 2 aromatic carbocycles. The Morgan fingerprint density at radius 2 is 1.70 bits per heavy atom. The van der Waals surface area contributed by atoms with Gasteiger partial charge in [-0.1, -0.05) is 53.7 Å². The Bertz CT molecular complexity index is 2810. The number of amides is 3. The molecule has 6 unspecified atom stereocenters. The van der Waals surface area contributed by atoms with Crippen LogP contribution in [0.5, 0.6) is 5.75 Å². The van der Waals surface area contributed by atoms with E-state index in [1.54, 1.807) is 17.4 Å². The second-order valence-electron chi connectivity index (χ2n) is 19.7. The van der Waals surface area contributed by atoms with Crippen LogP contribution in [0.4, 0.5) is 14.0 Å². The van der Waals surface area contributed by atoms with Crippen molar-refractivity contribution in [3.8, 4) is 28.3 Å². The molecule has 372 valence electrons. The first-order valence-electron chi connectivity index (χ1n) is 25.0. The number of nitrogens with zero attached hydrogens (tertiary/aromatic N) is 6. The van der Waals surface area contributed by atoms with Gasteiger partial charge in [-0.3, -0.25) is 19.3 Å². The summed E-state index contributed by atoms with van der Waals surface area (Å²) in [6.07, 6.45) is 11.0. The van der Waals surface area contributed by atoms with Crippen LogP contribution < -0.4 is 15.4 Å². The fourth-order valence-corrected chi connectivity index (χ4v) is 11.8. The van der Waals surface area contributed by atoms with Crippen molar-refractivity contribution in [2.24, 2.45) is 22.7 Å². The second kappa shape index (κ2) is 20.7. The number of aliphatic imine (C=N–C) groups is 1. The maximum atomic E-state index is 17.1. The number of ether oxygens (including phenoxy) is 3. The van der Waals surface area contributed by atoms with Crippen LogP contribution in [0.1, 0.15) is 120 Å². The summed E-state index contributed by atoms with van der Waals surface area (Å²) < 4.78 is 36.0. The zero-order valence-electron chi connectivity index (χ0n) is 41.5. The van der Waals surface area contributed by atoms with E-state index in [-0.39, 0.29) is 41.8 Å². The lowest BCUT2D eigenvalue weighted by Gasteiger charge is -2.35. The minimum absolute atomic E-state index is 0.0722. The SMILES string of the molecule is CCCc1ncc(C2Oc3cc(C4=CCC(CC)C(C5CCCN5C(=O)C(NC(=O)OC)C(C)C)=N4)cc(F)c3-c3cc4cc(-c5cnc(C6CCCN6CC(NC(=O)OC)C(C)C)[nH]5)ccc4n32)s1. The van der Waals surface area contributed by atoms with Crippen LogP contribution >= 0.6 is 11.3 Å². The summed E-state index contributed by atoms with van der Waals surface area (Å²) in [7, 11) is 2.68. The van der Waals surface area contributed by atoms with Gasteiger partial charge < -0.3 is 34.7 Å². The number of methoxy groups -OCH3 is 2. The summed E-state index contributed by atoms with van der Waals surface area (Å²) in [5.74, 6) is 0.890. The first-order chi connectivity index (χ1) is 33.8. The Morgan fingerprint density at radius 1 is 0.929 bits per heavy atom. The molecule has 3 amide bonds. The molecule has 7 heterocycles. The third kappa shape index (κ3) is 9.58. The standard InChI is InChI=1S/C53H66FN9O6S/c1-9-13-45-55-27-44(70-45)51-63-39-19-17-32(37-26-56-49(58-37)41-15-11-20-61(41)28-38(29(3)4)59-52(65)67-7)22-34(39)24-42(63)46-35(54)23-33(25-43(46)69-51)36-18-16-31(10-2)48(57-36)40-14-12-21-62(40)50(64)47(30(5)6)60-53(66)68-8/h17-19,22-27,29-31,38,40-41,47,51H,9-16,20-21,28H2,1-8H3,(H,56,58)(H,59,65)(H,60,66). The zero-order chi connectivity index (χ0) is 49.4. The van der Waals surface area contributed by atoms with E-state index in [4.69, 9.17) is 29.2 Å². The molecule has 3 aromatic heterocycles. The number of aryl methyl sites for hydroxylation is 1. The number of carbonyl (C=O) groups excluding carboxylic acids is 3. The molecule has 3 N–H and O–H groups in total. The maximum absolute atomic E-state index is 17.1. The highest BCUT2D eigenvalue weighted by Gasteiger charge is 2.41. The van der Waals surface area contributed by atoms with Gasteiger partial charge in [0.2, 0.25) is 12.1 Å². The van der Waals surface area contributed by atoms with Gasteiger partial charge in [-0.15, -0.1) is 11.3 Å². The topological polar surface area (TPSA) is 168 Å². The van der Waals surface area contributed by atoms with E-state index in [1.165, 1.54) is 14.2 Å². The van der Waals surface area contributed by atoms with E-state index >= 15 is 4.39 Å². The number of allylic oxidation sites excluding steroid dienone is 1. The number of halogens is 1. The third-order valence-corrected chi connectivity index (χ3v) is 15.6. The largest absolute Gasteiger partial charge is 0.464 e. The van der Waals surface area contributed by atoms with Crippen LogP contribution in [-0.4, -0.2) is 105 Å². The molecular formula is C53H66FN9O6S. The summed E-state index contributed by atoms with van der Waals surface area (Å²) in [5, 5.41) is 7.70. The van der Waals surface area contributed by atoms with E-state index in [2.05, 4.69) is 77.1 Å². The van der Waals surface area contributed by atoms with Crippen LogP contribution in [0.3, 0.4) is 0 Å². The number of thiazole rings is 1. The third-order valence-electron chi connectivity index (χ3n) is 14.5. The van der Waals surface area contributed by atoms with E-state index in [1.807, 2.05) is 43.3 Å². The van der Waals surface area contributed by atoms with Crippen molar-refractivity contribution in [1.29, 1.82) is 0 Å². The van der Waals surface area contributed by atoms with E-state index < -0.39 is 30.3 Å². The number of aromatic nitrogens is 4. The van der Waals surface area contributed by atoms with Gasteiger partial charge in [0.05, 0.1) is 70.5 Å². The molecule has 0 saturated carbocycles. The molecule has 17 heteroatoms. The summed E-state index contributed by atoms with van der Waals surface area (Å²) in [6, 6.07) is 10.8. The number of carbonyl (C=O) groups is 3. The normalized spacial score (nSPS) is 21.0. The van der Waals surface area contributed by atoms with Crippen molar-refractivity contribution in [2.75, 3.05) is 33.9 Å². The molecule has 0 spiro atoms. The van der Waals surface area contributed by atoms with Gasteiger partial charge in [-0.05, 0) is 100 Å². The summed E-state index contributed by atoms with van der Waals surface area (Å²) in [6.45, 7) is 14.4. The van der Waals surface area contributed by atoms with E-state index in [0.717, 1.165) is 95.1 Å². The molecule has 2 saturated heterocycles. The number of rotatable bonds is 15. The van der Waals surface area contributed by atoms with Gasteiger partial charge in [0.25, 0.3) is 0 Å². The fraction of sp³-hybridized carbons (Fsp3) is 0.509. The van der Waals surface area contributed by atoms with Crippen molar-refractivity contribution < 1.29 is 33.0 Å². The Hall–Kier alpha value is -6.07. The molecule has 15 nitrogen and oxygen atoms in total. The Kier molecular flexibility index (Phi) is 14.5. The number of imidazole rings is 1. The molecule has 9 rings (SSSR count). The average molecular weight is 976 g/mol. The predicted octanol–water partition coefficient (Wildman–Crippen LogP) is 10.3. The van der Waals surface area contributed by atoms with Gasteiger partial charge in [0.15, 0.2) is 0 Å². The number of likely N-dealkylation sites (tertiary alicyclic amines) is 2. The highest BCUT2D eigenvalue weighted by atomic mass is 32.1. The summed E-state index contributed by atoms with van der Waals surface area (Å²) >= 11 is 1.61. The van der Waals surface area contributed by atoms with E-state index in [0.29, 0.717) is 47.8 Å². The molecule has 6 atom stereocenters. The highest BCUT2D eigenvalue weighted by Crippen LogP contribution is 2.48. The molecule has 0 bridgehead atoms. The number of hydrogen-bond donors (Lipinski definition) is 3. The van der Waals surface area contributed by atoms with Crippen LogP contribution in [-0.2, 0) is 20.7 Å². The van der Waals surface area contributed by atoms with Gasteiger partial charge in [0, 0.05) is 53.5 Å². The molecule has 2 fully saturated rings. The van der Waals surface area contributed by atoms with Crippen molar-refractivity contribution in [2.45, 2.75) is 123 Å². The lowest BCUT2D eigenvalue weighted by Crippen LogP contribution is -2.54. The second-order valence-corrected chi connectivity index (χ2v) is 20.9. The smallest absolute Gasteiger partial charge is 0.407 e. The summed E-state index contributed by atoms with van der Waals surface area (Å²) in [4.78, 5) is 62.3. The Labute approximate surface area is 413 Å². The number of benzene rings is 2. The van der Waals surface area contributed by atoms with Crippen molar-refractivity contribution in [1.82, 2.24) is 40.0 Å². The van der Waals surface area contributed by atoms with Crippen molar-refractivity contribution in [3.05, 3.63) is 82.0 Å². The van der Waals surface area contributed by atoms with Crippen LogP contribution in [0.15, 0.2) is 59.9 Å². The highest BCUT2D eigenvalue weighted by molar-refractivity contribution is 7.11. The molecule has 70 heavy (non-hydrogen) atoms. The zero-order valence-corrected chi connectivity index (χ0v) is 42.3. The first-order valence-corrected chi connectivity index (χ1v) is 25.8. The maximum Gasteiger partial charge on any atom is 0.407 e. The average Bonchev–Trinajstić information content (AvgIpc) is 4.22. The molecule has 4 aliphatic heterocycles. The Morgan fingerprint density at radius 3 is 2.44 bits per heavy atom. The molecule has 4 aliphatic rings. The molecule has 0 aliphatic carbocycles. The lowest BCUT2D eigenvalue weighted by molar-refractivity contribution is -0.134. The molecular weight excluding hydrogens is 910 g/mol. The van der Waals surface area contributed by atoms with Gasteiger partial charge >= 0.3 is 12.2 Å². The number of alkyl carbamates (subject to hydrolysis) is 2. The van der Waals surface area contributed by atoms with E-state index in [9.17, 15) is 14.4 Å². The quantitative estimate of drug-likeness (QED) is 0.0925. The van der Waals surface area contributed by atoms with Crippen LogP contribution in [0.25, 0.3) is 39.1 Å².